The zero-order valence-electron chi connectivity index (χ0n) is 14.8. The Morgan fingerprint density at radius 3 is 2.64 bits per heavy atom. The lowest BCUT2D eigenvalue weighted by atomic mass is 10.2. The average molecular weight is 343 g/mol. The maximum atomic E-state index is 11.7. The third-order valence-corrected chi connectivity index (χ3v) is 4.40. The zero-order valence-corrected chi connectivity index (χ0v) is 14.8. The van der Waals surface area contributed by atoms with Crippen molar-refractivity contribution in [1.29, 1.82) is 0 Å². The number of hydrogen-bond acceptors (Lipinski definition) is 6. The summed E-state index contributed by atoms with van der Waals surface area (Å²) in [7, 11) is 0. The van der Waals surface area contributed by atoms with Crippen molar-refractivity contribution >= 4 is 5.82 Å². The summed E-state index contributed by atoms with van der Waals surface area (Å²) in [5.74, 6) is 1.49. The van der Waals surface area contributed by atoms with Crippen LogP contribution >= 0.6 is 0 Å². The Hall–Kier alpha value is -2.25. The van der Waals surface area contributed by atoms with Gasteiger partial charge in [-0.15, -0.1) is 0 Å². The summed E-state index contributed by atoms with van der Waals surface area (Å²) in [5.41, 5.74) is 1.45. The molecule has 0 aromatic carbocycles. The van der Waals surface area contributed by atoms with Gasteiger partial charge in [0, 0.05) is 56.2 Å². The highest BCUT2D eigenvalue weighted by atomic mass is 16.3. The minimum atomic E-state index is -0.294. The minimum Gasteiger partial charge on any atom is -0.392 e. The number of nitrogens with zero attached hydrogens (tertiary/aromatic N) is 4. The summed E-state index contributed by atoms with van der Waals surface area (Å²) in [5, 5.41) is 9.48. The Balaban J connectivity index is 1.69. The quantitative estimate of drug-likeness (QED) is 0.839. The van der Waals surface area contributed by atoms with Crippen molar-refractivity contribution in [1.82, 2.24) is 19.9 Å². The van der Waals surface area contributed by atoms with Crippen molar-refractivity contribution in [3.63, 3.8) is 0 Å². The molecule has 3 rings (SSSR count). The van der Waals surface area contributed by atoms with Crippen LogP contribution in [0.2, 0.25) is 0 Å². The van der Waals surface area contributed by atoms with E-state index in [0.29, 0.717) is 12.4 Å². The monoisotopic (exact) mass is 343 g/mol. The van der Waals surface area contributed by atoms with Crippen LogP contribution < -0.4 is 10.5 Å². The van der Waals surface area contributed by atoms with Crippen molar-refractivity contribution in [2.75, 3.05) is 37.6 Å². The molecule has 2 aromatic rings. The number of β-amino-alcohol motifs (C(OH)–C–C–N with tert-alkyl or cyclic N) is 1. The summed E-state index contributed by atoms with van der Waals surface area (Å²) in [4.78, 5) is 28.0. The van der Waals surface area contributed by atoms with E-state index in [4.69, 9.17) is 0 Å². The number of nitrogens with one attached hydrogen (secondary N) is 1. The van der Waals surface area contributed by atoms with Gasteiger partial charge < -0.3 is 15.0 Å². The molecule has 0 spiro atoms. The second kappa shape index (κ2) is 7.76. The summed E-state index contributed by atoms with van der Waals surface area (Å²) >= 11 is 0. The van der Waals surface area contributed by atoms with E-state index in [2.05, 4.69) is 24.8 Å². The van der Waals surface area contributed by atoms with Crippen LogP contribution in [0.25, 0.3) is 11.4 Å². The first-order chi connectivity index (χ1) is 12.0. The smallest absolute Gasteiger partial charge is 0.251 e. The van der Waals surface area contributed by atoms with Crippen LogP contribution in [0.5, 0.6) is 0 Å². The fraction of sp³-hybridized carbons (Fsp3) is 0.500. The number of H-pyrrole nitrogens is 1. The lowest BCUT2D eigenvalue weighted by Crippen LogP contribution is -2.48. The van der Waals surface area contributed by atoms with Gasteiger partial charge >= 0.3 is 0 Å². The van der Waals surface area contributed by atoms with Gasteiger partial charge in [0.15, 0.2) is 0 Å². The Kier molecular flexibility index (Phi) is 5.45. The summed E-state index contributed by atoms with van der Waals surface area (Å²) in [6.45, 7) is 8.12. The number of aromatic amines is 1. The van der Waals surface area contributed by atoms with Gasteiger partial charge in [-0.05, 0) is 25.5 Å². The number of aromatic nitrogens is 3. The van der Waals surface area contributed by atoms with E-state index in [1.54, 1.807) is 6.20 Å². The molecule has 2 N–H and O–H groups in total. The molecule has 0 amide bonds. The van der Waals surface area contributed by atoms with E-state index in [-0.39, 0.29) is 11.7 Å². The van der Waals surface area contributed by atoms with Gasteiger partial charge in [0.05, 0.1) is 6.10 Å². The molecular formula is C18H25N5O2. The van der Waals surface area contributed by atoms with Gasteiger partial charge in [0.2, 0.25) is 0 Å². The second-order valence-corrected chi connectivity index (χ2v) is 6.48. The normalized spacial score (nSPS) is 16.8. The highest BCUT2D eigenvalue weighted by molar-refractivity contribution is 5.56. The number of piperazine rings is 1. The highest BCUT2D eigenvalue weighted by Gasteiger charge is 2.19. The minimum absolute atomic E-state index is 0.139. The molecule has 0 saturated carbocycles. The fourth-order valence-electron chi connectivity index (χ4n) is 3.07. The van der Waals surface area contributed by atoms with Crippen LogP contribution in [0.15, 0.2) is 29.2 Å². The Bertz CT molecular complexity index is 749. The summed E-state index contributed by atoms with van der Waals surface area (Å²) in [6, 6.07) is 5.44. The van der Waals surface area contributed by atoms with Crippen molar-refractivity contribution in [2.24, 2.45) is 0 Å². The molecule has 134 valence electrons. The van der Waals surface area contributed by atoms with E-state index in [9.17, 15) is 9.90 Å². The largest absolute Gasteiger partial charge is 0.392 e. The van der Waals surface area contributed by atoms with E-state index in [1.807, 2.05) is 26.0 Å². The second-order valence-electron chi connectivity index (χ2n) is 6.48. The summed E-state index contributed by atoms with van der Waals surface area (Å²) in [6.07, 6.45) is 2.19. The molecule has 1 aliphatic rings. The first kappa shape index (κ1) is 17.6. The maximum absolute atomic E-state index is 11.7. The predicted molar refractivity (Wildman–Crippen MR) is 97.8 cm³/mol. The molecule has 0 unspecified atom stereocenters. The fourth-order valence-corrected chi connectivity index (χ4v) is 3.07. The molecule has 7 nitrogen and oxygen atoms in total. The molecule has 1 fully saturated rings. The number of anilines is 1. The molecule has 1 atom stereocenters. The lowest BCUT2D eigenvalue weighted by Gasteiger charge is -2.35. The van der Waals surface area contributed by atoms with E-state index >= 15 is 0 Å². The van der Waals surface area contributed by atoms with Crippen molar-refractivity contribution < 1.29 is 5.11 Å². The molecule has 1 saturated heterocycles. The van der Waals surface area contributed by atoms with E-state index < -0.39 is 0 Å². The zero-order chi connectivity index (χ0) is 17.8. The van der Waals surface area contributed by atoms with Crippen molar-refractivity contribution in [3.05, 3.63) is 40.4 Å². The lowest BCUT2D eigenvalue weighted by molar-refractivity contribution is 0.122. The van der Waals surface area contributed by atoms with Gasteiger partial charge in [-0.3, -0.25) is 9.69 Å². The van der Waals surface area contributed by atoms with E-state index in [0.717, 1.165) is 49.7 Å². The van der Waals surface area contributed by atoms with Crippen molar-refractivity contribution in [3.8, 4) is 11.4 Å². The standard InChI is InChI=1S/C18H25N5O2/c1-3-15-10-17(25)21-18(20-15)14-4-5-16(19-11-14)23-8-6-22(7-9-23)12-13(2)24/h4-5,10-11,13,24H,3,6-9,12H2,1-2H3,(H,20,21,25)/t13-/m1/s1. The Morgan fingerprint density at radius 1 is 1.28 bits per heavy atom. The first-order valence-electron chi connectivity index (χ1n) is 8.77. The van der Waals surface area contributed by atoms with Gasteiger partial charge in [-0.25, -0.2) is 9.97 Å². The molecule has 1 aliphatic heterocycles. The Labute approximate surface area is 147 Å². The van der Waals surface area contributed by atoms with Crippen LogP contribution in [-0.2, 0) is 6.42 Å². The average Bonchev–Trinajstić information content (AvgIpc) is 2.61. The van der Waals surface area contributed by atoms with Crippen molar-refractivity contribution in [2.45, 2.75) is 26.4 Å². The van der Waals surface area contributed by atoms with Crippen LogP contribution in [0, 0.1) is 0 Å². The molecule has 0 radical (unpaired) electrons. The maximum Gasteiger partial charge on any atom is 0.251 e. The summed E-state index contributed by atoms with van der Waals surface area (Å²) < 4.78 is 0. The third-order valence-electron chi connectivity index (χ3n) is 4.40. The Morgan fingerprint density at radius 2 is 2.04 bits per heavy atom. The van der Waals surface area contributed by atoms with E-state index in [1.165, 1.54) is 6.07 Å². The van der Waals surface area contributed by atoms with Gasteiger partial charge in [0.1, 0.15) is 11.6 Å². The first-order valence-corrected chi connectivity index (χ1v) is 8.77. The molecular weight excluding hydrogens is 318 g/mol. The molecule has 3 heterocycles. The number of aliphatic hydroxyl groups excluding tert-OH is 1. The number of hydrogen-bond donors (Lipinski definition) is 2. The molecule has 0 aliphatic carbocycles. The van der Waals surface area contributed by atoms with Crippen LogP contribution in [-0.4, -0.2) is 63.8 Å². The molecule has 0 bridgehead atoms. The molecule has 7 heteroatoms. The number of rotatable bonds is 5. The molecule has 25 heavy (non-hydrogen) atoms. The highest BCUT2D eigenvalue weighted by Crippen LogP contribution is 2.18. The van der Waals surface area contributed by atoms with Gasteiger partial charge in [0.25, 0.3) is 5.56 Å². The number of aliphatic hydroxyl groups is 1. The van der Waals surface area contributed by atoms with Crippen LogP contribution in [0.3, 0.4) is 0 Å². The number of aryl methyl sites for hydroxylation is 1. The predicted octanol–water partition coefficient (Wildman–Crippen LogP) is 0.897. The van der Waals surface area contributed by atoms with Gasteiger partial charge in [-0.2, -0.15) is 0 Å². The number of pyridine rings is 1. The van der Waals surface area contributed by atoms with Gasteiger partial charge in [-0.1, -0.05) is 6.92 Å². The van der Waals surface area contributed by atoms with Crippen LogP contribution in [0.1, 0.15) is 19.5 Å². The third kappa shape index (κ3) is 4.43. The molecule has 2 aromatic heterocycles. The SMILES string of the molecule is CCc1cc(=O)[nH]c(-c2ccc(N3CCN(C[C@@H](C)O)CC3)nc2)n1. The van der Waals surface area contributed by atoms with Crippen LogP contribution in [0.4, 0.5) is 5.82 Å². The topological polar surface area (TPSA) is 85.4 Å².